The summed E-state index contributed by atoms with van der Waals surface area (Å²) >= 11 is 1.43. The molecule has 0 spiro atoms. The molecule has 52 heavy (non-hydrogen) atoms. The maximum absolute atomic E-state index is 14.6. The summed E-state index contributed by atoms with van der Waals surface area (Å²) in [5, 5.41) is 31.4. The Labute approximate surface area is 306 Å². The first kappa shape index (κ1) is 35.6. The molecule has 14 nitrogen and oxygen atoms in total. The Kier molecular flexibility index (Phi) is 10.6. The van der Waals surface area contributed by atoms with Crippen molar-refractivity contribution in [2.45, 2.75) is 107 Å². The van der Waals surface area contributed by atoms with Gasteiger partial charge in [0.15, 0.2) is 0 Å². The van der Waals surface area contributed by atoms with Gasteiger partial charge in [-0.3, -0.25) is 9.59 Å². The van der Waals surface area contributed by atoms with Gasteiger partial charge in [0, 0.05) is 42.1 Å². The Bertz CT molecular complexity index is 1790. The fraction of sp³-hybridized carbons (Fsp3) is 0.541. The first-order chi connectivity index (χ1) is 25.3. The molecule has 2 aliphatic heterocycles. The number of benzene rings is 1. The second-order valence-electron chi connectivity index (χ2n) is 14.3. The summed E-state index contributed by atoms with van der Waals surface area (Å²) in [5.41, 5.74) is 0.524. The van der Waals surface area contributed by atoms with Crippen molar-refractivity contribution in [1.82, 2.24) is 40.8 Å². The number of urea groups is 1. The average Bonchev–Trinajstić information content (AvgIpc) is 3.60. The normalized spacial score (nSPS) is 27.7. The van der Waals surface area contributed by atoms with E-state index in [-0.39, 0.29) is 43.3 Å². The number of thiazole rings is 1. The van der Waals surface area contributed by atoms with E-state index in [4.69, 9.17) is 14.9 Å². The van der Waals surface area contributed by atoms with Crippen LogP contribution in [0.4, 0.5) is 4.79 Å². The summed E-state index contributed by atoms with van der Waals surface area (Å²) in [6.45, 7) is 0.0940. The number of nitrogens with one attached hydrogen (secondary N) is 3. The van der Waals surface area contributed by atoms with E-state index in [2.05, 4.69) is 20.9 Å². The van der Waals surface area contributed by atoms with E-state index in [1.54, 1.807) is 18.1 Å². The fourth-order valence-electron chi connectivity index (χ4n) is 7.79. The van der Waals surface area contributed by atoms with Crippen LogP contribution in [0, 0.1) is 5.92 Å². The number of nitrogens with zero attached hydrogens (tertiary/aromatic N) is 5. The van der Waals surface area contributed by atoms with E-state index < -0.39 is 35.5 Å². The maximum atomic E-state index is 14.6. The zero-order valence-corrected chi connectivity index (χ0v) is 30.1. The predicted molar refractivity (Wildman–Crippen MR) is 193 cm³/mol. The van der Waals surface area contributed by atoms with Gasteiger partial charge in [-0.25, -0.2) is 14.6 Å². The smallest absolute Gasteiger partial charge is 0.330 e. The maximum Gasteiger partial charge on any atom is 0.330 e. The molecule has 15 heteroatoms. The molecule has 7 rings (SSSR count). The van der Waals surface area contributed by atoms with Gasteiger partial charge in [0.25, 0.3) is 0 Å². The van der Waals surface area contributed by atoms with Gasteiger partial charge in [-0.2, -0.15) is 9.90 Å². The largest absolute Gasteiger partial charge is 0.497 e. The van der Waals surface area contributed by atoms with Crippen LogP contribution in [0.2, 0.25) is 0 Å². The number of amides is 4. The molecule has 1 aromatic carbocycles. The van der Waals surface area contributed by atoms with Crippen LogP contribution >= 0.6 is 11.3 Å². The Morgan fingerprint density at radius 1 is 1.00 bits per heavy atom. The van der Waals surface area contributed by atoms with E-state index in [1.165, 1.54) is 16.2 Å². The first-order valence-electron chi connectivity index (χ1n) is 18.4. The monoisotopic (exact) mass is 730 g/mol. The third-order valence-electron chi connectivity index (χ3n) is 10.8. The number of rotatable bonds is 7. The summed E-state index contributed by atoms with van der Waals surface area (Å²) in [4.78, 5) is 62.1. The van der Waals surface area contributed by atoms with Crippen LogP contribution in [-0.2, 0) is 14.4 Å². The number of carboxylic acids is 1. The van der Waals surface area contributed by atoms with Gasteiger partial charge >= 0.3 is 12.0 Å². The number of hydrogen-bond acceptors (Lipinski definition) is 9. The highest BCUT2D eigenvalue weighted by Crippen LogP contribution is 2.46. The lowest BCUT2D eigenvalue weighted by molar-refractivity contribution is -0.145. The second-order valence-corrected chi connectivity index (χ2v) is 15.2. The third kappa shape index (κ3) is 7.55. The van der Waals surface area contributed by atoms with Crippen LogP contribution in [0.5, 0.6) is 5.75 Å². The summed E-state index contributed by atoms with van der Waals surface area (Å²) in [6.07, 6.45) is 14.7. The number of allylic oxidation sites excluding steroid dienone is 1. The number of aliphatic carboxylic acids is 1. The lowest BCUT2D eigenvalue weighted by Gasteiger charge is -2.30. The van der Waals surface area contributed by atoms with Crippen molar-refractivity contribution >= 4 is 35.2 Å². The van der Waals surface area contributed by atoms with E-state index in [1.807, 2.05) is 41.8 Å². The van der Waals surface area contributed by atoms with Gasteiger partial charge in [0.05, 0.1) is 13.2 Å². The molecule has 0 bridgehead atoms. The van der Waals surface area contributed by atoms with Gasteiger partial charge in [0.2, 0.25) is 11.8 Å². The molecule has 3 fully saturated rings. The van der Waals surface area contributed by atoms with Gasteiger partial charge in [-0.1, -0.05) is 44.3 Å². The van der Waals surface area contributed by atoms with E-state index in [0.29, 0.717) is 35.0 Å². The van der Waals surface area contributed by atoms with E-state index in [0.717, 1.165) is 56.9 Å². The predicted octanol–water partition coefficient (Wildman–Crippen LogP) is 4.70. The molecular weight excluding hydrogens is 685 g/mol. The average molecular weight is 731 g/mol. The third-order valence-corrected chi connectivity index (χ3v) is 11.6. The van der Waals surface area contributed by atoms with Gasteiger partial charge < -0.3 is 30.7 Å². The van der Waals surface area contributed by atoms with Gasteiger partial charge in [-0.15, -0.1) is 16.4 Å². The number of hydrogen-bond donors (Lipinski definition) is 4. The molecule has 2 aromatic heterocycles. The number of carbonyl (C=O) groups excluding carboxylic acids is 3. The molecule has 4 amide bonds. The molecule has 0 unspecified atom stereocenters. The standard InChI is InChI=1S/C37H46N8O6S/c1-51-27-16-14-23(15-17-27)30-31(33-38-18-19-52-33)43-45(42-30)26-20-29-32(46)41-37(35(48)49)21-24(37)10-6-3-2-4-9-13-28(34(47)44(29)22-26)40-36(50)39-25-11-7-5-8-12-25/h6,10,14-19,24-26,28-29H,2-5,7-9,11-13,20-22H2,1H3,(H,41,46)(H,48,49)(H2,39,40,50)/b10-6-/t24-,26-,28+,29+,37-/m1/s1. The molecule has 4 aliphatic rings. The molecule has 2 saturated carbocycles. The molecule has 1 saturated heterocycles. The lowest BCUT2D eigenvalue weighted by Crippen LogP contribution is -2.57. The number of methoxy groups -OCH3 is 1. The van der Waals surface area contributed by atoms with Crippen molar-refractivity contribution in [2.24, 2.45) is 5.92 Å². The van der Waals surface area contributed by atoms with Gasteiger partial charge in [0.1, 0.15) is 39.8 Å². The Hall–Kier alpha value is -4.79. The zero-order valence-electron chi connectivity index (χ0n) is 29.3. The minimum atomic E-state index is -1.43. The van der Waals surface area contributed by atoms with Crippen molar-refractivity contribution in [2.75, 3.05) is 13.7 Å². The molecule has 4 heterocycles. The minimum Gasteiger partial charge on any atom is -0.497 e. The summed E-state index contributed by atoms with van der Waals surface area (Å²) in [6, 6.07) is 4.73. The first-order valence-corrected chi connectivity index (χ1v) is 19.2. The highest BCUT2D eigenvalue weighted by Gasteiger charge is 2.61. The van der Waals surface area contributed by atoms with Crippen molar-refractivity contribution in [1.29, 1.82) is 0 Å². The molecule has 5 atom stereocenters. The van der Waals surface area contributed by atoms with Crippen LogP contribution in [0.25, 0.3) is 22.0 Å². The Morgan fingerprint density at radius 2 is 1.75 bits per heavy atom. The number of fused-ring (bicyclic) bond motifs is 2. The fourth-order valence-corrected chi connectivity index (χ4v) is 8.41. The van der Waals surface area contributed by atoms with Crippen LogP contribution in [-0.4, -0.2) is 91.1 Å². The number of carbonyl (C=O) groups is 4. The summed E-state index contributed by atoms with van der Waals surface area (Å²) in [7, 11) is 1.60. The quantitative estimate of drug-likeness (QED) is 0.251. The number of ether oxygens (including phenoxy) is 1. The van der Waals surface area contributed by atoms with E-state index in [9.17, 15) is 24.3 Å². The molecule has 276 valence electrons. The minimum absolute atomic E-state index is 0.0594. The molecule has 4 N–H and O–H groups in total. The van der Waals surface area contributed by atoms with Crippen molar-refractivity contribution < 1.29 is 29.0 Å². The number of aromatic nitrogens is 4. The van der Waals surface area contributed by atoms with Crippen molar-refractivity contribution in [3.63, 3.8) is 0 Å². The van der Waals surface area contributed by atoms with Crippen molar-refractivity contribution in [3.8, 4) is 27.7 Å². The van der Waals surface area contributed by atoms with Crippen LogP contribution in [0.3, 0.4) is 0 Å². The van der Waals surface area contributed by atoms with Crippen LogP contribution in [0.15, 0.2) is 48.0 Å². The lowest BCUT2D eigenvalue weighted by atomic mass is 9.96. The van der Waals surface area contributed by atoms with E-state index >= 15 is 0 Å². The second kappa shape index (κ2) is 15.4. The number of carboxylic acid groups (broad SMARTS) is 1. The molecular formula is C37H46N8O6S. The highest BCUT2D eigenvalue weighted by molar-refractivity contribution is 7.13. The van der Waals surface area contributed by atoms with Crippen LogP contribution in [0.1, 0.15) is 83.1 Å². The van der Waals surface area contributed by atoms with Crippen LogP contribution < -0.4 is 20.7 Å². The van der Waals surface area contributed by atoms with Gasteiger partial charge in [-0.05, 0) is 62.8 Å². The molecule has 0 radical (unpaired) electrons. The molecule has 3 aromatic rings. The summed E-state index contributed by atoms with van der Waals surface area (Å²) < 4.78 is 5.35. The van der Waals surface area contributed by atoms with Crippen molar-refractivity contribution in [3.05, 3.63) is 48.0 Å². The Morgan fingerprint density at radius 3 is 2.48 bits per heavy atom. The Balaban J connectivity index is 1.20. The summed E-state index contributed by atoms with van der Waals surface area (Å²) in [5.74, 6) is -1.66. The highest BCUT2D eigenvalue weighted by atomic mass is 32.1. The topological polar surface area (TPSA) is 181 Å². The SMILES string of the molecule is COc1ccc(-c2nn([C@@H]3C[C@H]4C(=O)N[C@]5(C(=O)O)C[C@H]5/C=C\CCCCC[C@H](NC(=O)NC5CCCCC5)C(=O)N4C3)nc2-c2nccs2)cc1. The molecule has 2 aliphatic carbocycles. The zero-order chi connectivity index (χ0) is 36.2.